The number of benzene rings is 1. The second-order valence-electron chi connectivity index (χ2n) is 7.05. The third-order valence-corrected chi connectivity index (χ3v) is 5.97. The van der Waals surface area contributed by atoms with Gasteiger partial charge in [0.05, 0.1) is 12.7 Å². The molecular weight excluding hydrogens is 374 g/mol. The highest BCUT2D eigenvalue weighted by molar-refractivity contribution is 7.98. The van der Waals surface area contributed by atoms with Crippen molar-refractivity contribution in [3.63, 3.8) is 0 Å². The lowest BCUT2D eigenvalue weighted by molar-refractivity contribution is -0.124. The van der Waals surface area contributed by atoms with Gasteiger partial charge in [-0.1, -0.05) is 32.0 Å². The number of esters is 1. The monoisotopic (exact) mass is 397 g/mol. The molecule has 0 radical (unpaired) electrons. The smallest absolute Gasteiger partial charge is 0.340 e. The predicted octanol–water partition coefficient (Wildman–Crippen LogP) is 3.45. The zero-order valence-corrected chi connectivity index (χ0v) is 17.2. The van der Waals surface area contributed by atoms with Gasteiger partial charge in [0.2, 0.25) is 0 Å². The summed E-state index contributed by atoms with van der Waals surface area (Å²) in [5.41, 5.74) is 0.625. The van der Waals surface area contributed by atoms with Crippen molar-refractivity contribution in [3.05, 3.63) is 59.4 Å². The minimum absolute atomic E-state index is 0.00752. The Morgan fingerprint density at radius 2 is 2.00 bits per heavy atom. The summed E-state index contributed by atoms with van der Waals surface area (Å²) >= 11 is 1.65. The van der Waals surface area contributed by atoms with Gasteiger partial charge in [0, 0.05) is 16.8 Å². The van der Waals surface area contributed by atoms with Crippen LogP contribution in [0.4, 0.5) is 0 Å². The summed E-state index contributed by atoms with van der Waals surface area (Å²) in [7, 11) is 1.32. The van der Waals surface area contributed by atoms with E-state index in [9.17, 15) is 9.59 Å². The molecule has 2 aromatic rings. The van der Waals surface area contributed by atoms with Crippen LogP contribution in [0.2, 0.25) is 0 Å². The molecule has 1 amide bonds. The normalized spacial score (nSPS) is 18.8. The zero-order valence-electron chi connectivity index (χ0n) is 16.4. The Bertz CT molecular complexity index is 928. The maximum Gasteiger partial charge on any atom is 0.340 e. The van der Waals surface area contributed by atoms with Crippen LogP contribution in [0.1, 0.15) is 42.4 Å². The first-order valence-electron chi connectivity index (χ1n) is 9.02. The lowest BCUT2D eigenvalue weighted by atomic mass is 9.89. The third kappa shape index (κ3) is 3.94. The number of amides is 1. The topological polar surface area (TPSA) is 80.7 Å². The molecule has 6 nitrogen and oxygen atoms in total. The number of thioether (sulfide) groups is 1. The van der Waals surface area contributed by atoms with E-state index in [0.717, 1.165) is 10.5 Å². The average molecular weight is 398 g/mol. The summed E-state index contributed by atoms with van der Waals surface area (Å²) in [6, 6.07) is 11.7. The van der Waals surface area contributed by atoms with Crippen molar-refractivity contribution in [1.82, 2.24) is 10.3 Å². The molecule has 0 saturated carbocycles. The van der Waals surface area contributed by atoms with Gasteiger partial charge in [-0.25, -0.2) is 9.79 Å². The molecule has 1 N–H and O–H groups in total. The first kappa shape index (κ1) is 20.1. The van der Waals surface area contributed by atoms with E-state index in [1.54, 1.807) is 30.9 Å². The van der Waals surface area contributed by atoms with Gasteiger partial charge in [0.15, 0.2) is 5.84 Å². The lowest BCUT2D eigenvalue weighted by Crippen LogP contribution is -2.41. The van der Waals surface area contributed by atoms with Crippen LogP contribution in [-0.2, 0) is 15.3 Å². The van der Waals surface area contributed by atoms with Gasteiger partial charge in [0.1, 0.15) is 11.2 Å². The Morgan fingerprint density at radius 3 is 2.61 bits per heavy atom. The molecule has 1 unspecified atom stereocenters. The number of carbonyl (C=O) groups is 2. The standard InChI is InChI=1S/C21H23N3O3S/c1-13(2)21(3)20(26)23-18(24-21)17-16(19(25)27-4)10-14(11-22-17)12-28-15-8-6-5-7-9-15/h5-11,13H,12H2,1-4H3,(H,23,24,26). The highest BCUT2D eigenvalue weighted by atomic mass is 32.2. The van der Waals surface area contributed by atoms with Gasteiger partial charge in [-0.15, -0.1) is 11.8 Å². The number of amidine groups is 1. The van der Waals surface area contributed by atoms with Crippen molar-refractivity contribution in [2.45, 2.75) is 37.0 Å². The SMILES string of the molecule is COC(=O)c1cc(CSc2ccccc2)cnc1C1=NC(C)(C(C)C)C(=O)N1. The van der Waals surface area contributed by atoms with Crippen LogP contribution in [0.15, 0.2) is 52.5 Å². The Labute approximate surface area is 168 Å². The summed E-state index contributed by atoms with van der Waals surface area (Å²) in [4.78, 5) is 34.9. The molecule has 3 rings (SSSR count). The Kier molecular flexibility index (Phi) is 5.84. The highest BCUT2D eigenvalue weighted by Crippen LogP contribution is 2.28. The Hall–Kier alpha value is -2.67. The van der Waals surface area contributed by atoms with Crippen LogP contribution < -0.4 is 5.32 Å². The van der Waals surface area contributed by atoms with Gasteiger partial charge in [0.25, 0.3) is 5.91 Å². The molecule has 1 aromatic carbocycles. The van der Waals surface area contributed by atoms with Crippen molar-refractivity contribution < 1.29 is 14.3 Å². The summed E-state index contributed by atoms with van der Waals surface area (Å²) < 4.78 is 4.93. The van der Waals surface area contributed by atoms with E-state index < -0.39 is 11.5 Å². The molecule has 0 saturated heterocycles. The molecule has 0 fully saturated rings. The van der Waals surface area contributed by atoms with Crippen LogP contribution in [0.5, 0.6) is 0 Å². The molecule has 1 aliphatic rings. The molecule has 1 aromatic heterocycles. The second-order valence-corrected chi connectivity index (χ2v) is 8.10. The first-order valence-corrected chi connectivity index (χ1v) is 10.0. The van der Waals surface area contributed by atoms with Crippen LogP contribution >= 0.6 is 11.8 Å². The zero-order chi connectivity index (χ0) is 20.3. The van der Waals surface area contributed by atoms with Gasteiger partial charge in [-0.3, -0.25) is 9.78 Å². The number of hydrogen-bond donors (Lipinski definition) is 1. The van der Waals surface area contributed by atoms with Crippen LogP contribution in [0.3, 0.4) is 0 Å². The van der Waals surface area contributed by atoms with Crippen molar-refractivity contribution >= 4 is 29.5 Å². The minimum Gasteiger partial charge on any atom is -0.465 e. The van der Waals surface area contributed by atoms with E-state index in [4.69, 9.17) is 4.74 Å². The maximum atomic E-state index is 12.4. The van der Waals surface area contributed by atoms with Crippen molar-refractivity contribution in [2.75, 3.05) is 7.11 Å². The number of hydrogen-bond acceptors (Lipinski definition) is 6. The summed E-state index contributed by atoms with van der Waals surface area (Å²) in [6.07, 6.45) is 1.71. The molecule has 0 bridgehead atoms. The van der Waals surface area contributed by atoms with E-state index in [1.807, 2.05) is 44.2 Å². The number of nitrogens with zero attached hydrogens (tertiary/aromatic N) is 2. The molecule has 0 aliphatic carbocycles. The Morgan fingerprint density at radius 1 is 1.29 bits per heavy atom. The molecule has 0 spiro atoms. The molecule has 1 atom stereocenters. The summed E-state index contributed by atoms with van der Waals surface area (Å²) in [5, 5.41) is 2.77. The number of ether oxygens (including phenoxy) is 1. The van der Waals surface area contributed by atoms with Crippen LogP contribution in [-0.4, -0.2) is 35.3 Å². The predicted molar refractivity (Wildman–Crippen MR) is 110 cm³/mol. The Balaban J connectivity index is 1.92. The molecule has 2 heterocycles. The largest absolute Gasteiger partial charge is 0.465 e. The van der Waals surface area contributed by atoms with E-state index >= 15 is 0 Å². The lowest BCUT2D eigenvalue weighted by Gasteiger charge is -2.21. The van der Waals surface area contributed by atoms with E-state index in [1.165, 1.54) is 7.11 Å². The second kappa shape index (κ2) is 8.14. The van der Waals surface area contributed by atoms with E-state index in [-0.39, 0.29) is 11.8 Å². The van der Waals surface area contributed by atoms with Gasteiger partial charge < -0.3 is 10.1 Å². The number of aliphatic imine (C=N–C) groups is 1. The van der Waals surface area contributed by atoms with Gasteiger partial charge in [-0.2, -0.15) is 0 Å². The minimum atomic E-state index is -0.883. The molecule has 7 heteroatoms. The fourth-order valence-corrected chi connectivity index (χ4v) is 3.61. The van der Waals surface area contributed by atoms with Crippen molar-refractivity contribution in [3.8, 4) is 0 Å². The quantitative estimate of drug-likeness (QED) is 0.596. The molecular formula is C21H23N3O3S. The summed E-state index contributed by atoms with van der Waals surface area (Å²) in [6.45, 7) is 5.65. The number of aromatic nitrogens is 1. The fourth-order valence-electron chi connectivity index (χ4n) is 2.77. The molecule has 1 aliphatic heterocycles. The van der Waals surface area contributed by atoms with Crippen LogP contribution in [0, 0.1) is 5.92 Å². The number of carbonyl (C=O) groups excluding carboxylic acids is 2. The average Bonchev–Trinajstić information content (AvgIpc) is 3.02. The van der Waals surface area contributed by atoms with Gasteiger partial charge >= 0.3 is 5.97 Å². The van der Waals surface area contributed by atoms with E-state index in [0.29, 0.717) is 22.8 Å². The van der Waals surface area contributed by atoms with Crippen LogP contribution in [0.25, 0.3) is 0 Å². The summed E-state index contributed by atoms with van der Waals surface area (Å²) in [5.74, 6) is 0.268. The van der Waals surface area contributed by atoms with Gasteiger partial charge in [-0.05, 0) is 36.6 Å². The number of methoxy groups -OCH3 is 1. The van der Waals surface area contributed by atoms with E-state index in [2.05, 4.69) is 15.3 Å². The van der Waals surface area contributed by atoms with Crippen molar-refractivity contribution in [1.29, 1.82) is 0 Å². The fraction of sp³-hybridized carbons (Fsp3) is 0.333. The molecule has 28 heavy (non-hydrogen) atoms. The molecule has 146 valence electrons. The maximum absolute atomic E-state index is 12.4. The first-order chi connectivity index (χ1) is 13.3. The number of nitrogens with one attached hydrogen (secondary N) is 1. The number of pyridine rings is 1. The van der Waals surface area contributed by atoms with Crippen molar-refractivity contribution in [2.24, 2.45) is 10.9 Å². The number of rotatable bonds is 6. The third-order valence-electron chi connectivity index (χ3n) is 4.88. The highest BCUT2D eigenvalue weighted by Gasteiger charge is 2.43.